The molecule has 0 radical (unpaired) electrons. The van der Waals surface area contributed by atoms with Crippen molar-refractivity contribution in [2.75, 3.05) is 0 Å². The Morgan fingerprint density at radius 2 is 1.91 bits per heavy atom. The minimum atomic E-state index is -0.109. The van der Waals surface area contributed by atoms with Crippen molar-refractivity contribution in [3.8, 4) is 0 Å². The Bertz CT molecular complexity index is 536. The van der Waals surface area contributed by atoms with Crippen molar-refractivity contribution in [2.45, 2.75) is 71.8 Å². The third-order valence-corrected chi connectivity index (χ3v) is 8.20. The molecule has 7 atom stereocenters. The summed E-state index contributed by atoms with van der Waals surface area (Å²) in [5, 5.41) is 10.1. The van der Waals surface area contributed by atoms with Crippen molar-refractivity contribution in [2.24, 2.45) is 34.5 Å². The Hall–Kier alpha value is -0.630. The lowest BCUT2D eigenvalue weighted by Gasteiger charge is -2.59. The number of aliphatic hydroxyl groups excluding tert-OH is 1. The Kier molecular flexibility index (Phi) is 3.18. The van der Waals surface area contributed by atoms with Crippen LogP contribution in [0.15, 0.2) is 11.6 Å². The number of fused-ring (bicyclic) bond motifs is 5. The summed E-state index contributed by atoms with van der Waals surface area (Å²) >= 11 is 0. The van der Waals surface area contributed by atoms with Gasteiger partial charge in [0.05, 0.1) is 6.10 Å². The van der Waals surface area contributed by atoms with Crippen LogP contribution in [0.2, 0.25) is 0 Å². The Balaban J connectivity index is 1.67. The lowest BCUT2D eigenvalue weighted by Crippen LogP contribution is -2.54. The number of aliphatic hydroxyl groups is 1. The van der Waals surface area contributed by atoms with Gasteiger partial charge in [-0.2, -0.15) is 0 Å². The minimum Gasteiger partial charge on any atom is -0.393 e. The summed E-state index contributed by atoms with van der Waals surface area (Å²) in [6, 6.07) is 0. The predicted octanol–water partition coefficient (Wildman–Crippen LogP) is 4.13. The fourth-order valence-electron chi connectivity index (χ4n) is 6.85. The molecule has 4 aliphatic rings. The molecule has 0 aromatic rings. The van der Waals surface area contributed by atoms with Gasteiger partial charge in [-0.05, 0) is 86.5 Å². The van der Waals surface area contributed by atoms with Crippen molar-refractivity contribution in [1.82, 2.24) is 0 Å². The molecule has 0 amide bonds. The summed E-state index contributed by atoms with van der Waals surface area (Å²) < 4.78 is 0. The Morgan fingerprint density at radius 3 is 2.68 bits per heavy atom. The van der Waals surface area contributed by atoms with E-state index in [4.69, 9.17) is 0 Å². The molecule has 0 spiro atoms. The summed E-state index contributed by atoms with van der Waals surface area (Å²) in [6.45, 7) is 6.74. The number of carbonyl (C=O) groups excluding carboxylic acids is 1. The fraction of sp³-hybridized carbons (Fsp3) is 0.850. The van der Waals surface area contributed by atoms with E-state index in [2.05, 4.69) is 19.9 Å². The molecule has 0 aromatic carbocycles. The van der Waals surface area contributed by atoms with Crippen LogP contribution in [-0.4, -0.2) is 17.0 Å². The second-order valence-corrected chi connectivity index (χ2v) is 9.14. The first-order chi connectivity index (χ1) is 10.4. The van der Waals surface area contributed by atoms with Crippen LogP contribution in [0.4, 0.5) is 0 Å². The van der Waals surface area contributed by atoms with Gasteiger partial charge in [-0.3, -0.25) is 4.79 Å². The summed E-state index contributed by atoms with van der Waals surface area (Å²) in [6.07, 6.45) is 10.2. The third kappa shape index (κ3) is 1.79. The van der Waals surface area contributed by atoms with Gasteiger partial charge in [0, 0.05) is 5.41 Å². The highest BCUT2D eigenvalue weighted by atomic mass is 16.3. The van der Waals surface area contributed by atoms with E-state index in [9.17, 15) is 9.90 Å². The number of carbonyl (C=O) groups is 1. The highest BCUT2D eigenvalue weighted by molar-refractivity contribution is 6.02. The van der Waals surface area contributed by atoms with Gasteiger partial charge >= 0.3 is 0 Å². The van der Waals surface area contributed by atoms with Crippen LogP contribution in [0.1, 0.15) is 65.7 Å². The van der Waals surface area contributed by atoms with E-state index in [1.165, 1.54) is 25.7 Å². The normalized spacial score (nSPS) is 54.3. The van der Waals surface area contributed by atoms with Crippen LogP contribution >= 0.6 is 0 Å². The number of allylic oxidation sites excluding steroid dienone is 2. The van der Waals surface area contributed by atoms with E-state index < -0.39 is 0 Å². The van der Waals surface area contributed by atoms with E-state index in [-0.39, 0.29) is 11.5 Å². The average molecular weight is 302 g/mol. The summed E-state index contributed by atoms with van der Waals surface area (Å²) in [4.78, 5) is 12.6. The number of rotatable bonds is 0. The zero-order valence-corrected chi connectivity index (χ0v) is 14.3. The van der Waals surface area contributed by atoms with Crippen LogP contribution in [0.5, 0.6) is 0 Å². The second kappa shape index (κ2) is 4.69. The third-order valence-electron chi connectivity index (χ3n) is 8.20. The summed E-state index contributed by atoms with van der Waals surface area (Å²) in [5.41, 5.74) is 1.30. The van der Waals surface area contributed by atoms with Crippen molar-refractivity contribution >= 4 is 5.78 Å². The molecule has 22 heavy (non-hydrogen) atoms. The highest BCUT2D eigenvalue weighted by Crippen LogP contribution is 2.64. The first-order valence-electron chi connectivity index (χ1n) is 9.27. The Labute approximate surface area is 134 Å². The molecule has 0 saturated heterocycles. The second-order valence-electron chi connectivity index (χ2n) is 9.14. The lowest BCUT2D eigenvalue weighted by atomic mass is 9.45. The monoisotopic (exact) mass is 302 g/mol. The van der Waals surface area contributed by atoms with Gasteiger partial charge in [0.1, 0.15) is 0 Å². The van der Waals surface area contributed by atoms with E-state index in [0.717, 1.165) is 30.8 Å². The van der Waals surface area contributed by atoms with Gasteiger partial charge in [-0.25, -0.2) is 0 Å². The SMILES string of the molecule is CC1=C[C@@H]2[C@H]3CC[C@@H]4C[C@H](O)CC[C@@]4(C)[C@@H]3CC[C@@]2(C)C1=O. The molecule has 0 aliphatic heterocycles. The zero-order chi connectivity index (χ0) is 15.7. The van der Waals surface area contributed by atoms with Gasteiger partial charge in [0.15, 0.2) is 5.78 Å². The molecule has 4 aliphatic carbocycles. The number of ketones is 1. The topological polar surface area (TPSA) is 37.3 Å². The van der Waals surface area contributed by atoms with E-state index in [1.807, 2.05) is 6.92 Å². The molecule has 2 heteroatoms. The maximum atomic E-state index is 12.6. The summed E-state index contributed by atoms with van der Waals surface area (Å²) in [5.74, 6) is 3.04. The largest absolute Gasteiger partial charge is 0.393 e. The van der Waals surface area contributed by atoms with Gasteiger partial charge < -0.3 is 5.11 Å². The number of Topliss-reactive ketones (excluding diaryl/α,β-unsaturated/α-hetero) is 1. The molecule has 3 saturated carbocycles. The highest BCUT2D eigenvalue weighted by Gasteiger charge is 2.59. The van der Waals surface area contributed by atoms with Crippen molar-refractivity contribution in [3.63, 3.8) is 0 Å². The van der Waals surface area contributed by atoms with E-state index in [0.29, 0.717) is 29.0 Å². The standard InChI is InChI=1S/C20H30O2/c1-12-10-17-15-5-4-13-11-14(21)6-8-19(13,2)16(15)7-9-20(17,3)18(12)22/h10,13-17,21H,4-9,11H2,1-3H3/t13-,14-,15+,16-,17-,19-,20-/m1/s1. The molecule has 0 unspecified atom stereocenters. The maximum absolute atomic E-state index is 12.6. The van der Waals surface area contributed by atoms with Gasteiger partial charge in [-0.15, -0.1) is 0 Å². The Morgan fingerprint density at radius 1 is 1.14 bits per heavy atom. The molecule has 0 heterocycles. The summed E-state index contributed by atoms with van der Waals surface area (Å²) in [7, 11) is 0. The number of hydrogen-bond acceptors (Lipinski definition) is 2. The molecular formula is C20H30O2. The molecule has 0 bridgehead atoms. The quantitative estimate of drug-likeness (QED) is 0.730. The van der Waals surface area contributed by atoms with Crippen LogP contribution in [-0.2, 0) is 4.79 Å². The molecule has 2 nitrogen and oxygen atoms in total. The smallest absolute Gasteiger partial charge is 0.164 e. The average Bonchev–Trinajstić information content (AvgIpc) is 2.72. The number of hydrogen-bond donors (Lipinski definition) is 1. The van der Waals surface area contributed by atoms with Crippen molar-refractivity contribution < 1.29 is 9.90 Å². The molecule has 0 aromatic heterocycles. The molecule has 3 fully saturated rings. The van der Waals surface area contributed by atoms with Gasteiger partial charge in [-0.1, -0.05) is 19.9 Å². The van der Waals surface area contributed by atoms with Gasteiger partial charge in [0.25, 0.3) is 0 Å². The predicted molar refractivity (Wildman–Crippen MR) is 87.3 cm³/mol. The van der Waals surface area contributed by atoms with Crippen molar-refractivity contribution in [1.29, 1.82) is 0 Å². The van der Waals surface area contributed by atoms with E-state index >= 15 is 0 Å². The van der Waals surface area contributed by atoms with E-state index in [1.54, 1.807) is 0 Å². The molecule has 4 rings (SSSR count). The molecular weight excluding hydrogens is 272 g/mol. The zero-order valence-electron chi connectivity index (χ0n) is 14.3. The maximum Gasteiger partial charge on any atom is 0.164 e. The first-order valence-corrected chi connectivity index (χ1v) is 9.27. The molecule has 1 N–H and O–H groups in total. The van der Waals surface area contributed by atoms with Crippen LogP contribution in [0, 0.1) is 34.5 Å². The van der Waals surface area contributed by atoms with Crippen LogP contribution < -0.4 is 0 Å². The first kappa shape index (κ1) is 14.9. The lowest BCUT2D eigenvalue weighted by molar-refractivity contribution is -0.140. The van der Waals surface area contributed by atoms with Crippen LogP contribution in [0.25, 0.3) is 0 Å². The van der Waals surface area contributed by atoms with Crippen LogP contribution in [0.3, 0.4) is 0 Å². The molecule has 122 valence electrons. The minimum absolute atomic E-state index is 0.0707. The van der Waals surface area contributed by atoms with Gasteiger partial charge in [0.2, 0.25) is 0 Å². The van der Waals surface area contributed by atoms with Crippen molar-refractivity contribution in [3.05, 3.63) is 11.6 Å². The fourth-order valence-corrected chi connectivity index (χ4v) is 6.85.